The second kappa shape index (κ2) is 7.47. The second-order valence-corrected chi connectivity index (χ2v) is 5.54. The van der Waals surface area contributed by atoms with Crippen LogP contribution in [0.3, 0.4) is 0 Å². The molecule has 26 heavy (non-hydrogen) atoms. The van der Waals surface area contributed by atoms with Gasteiger partial charge in [0, 0.05) is 24.8 Å². The zero-order chi connectivity index (χ0) is 17.6. The van der Waals surface area contributed by atoms with Crippen LogP contribution in [0.5, 0.6) is 0 Å². The summed E-state index contributed by atoms with van der Waals surface area (Å²) in [5.41, 5.74) is 9.78. The molecule has 130 valence electrons. The van der Waals surface area contributed by atoms with Crippen molar-refractivity contribution in [3.63, 3.8) is 0 Å². The third kappa shape index (κ3) is 3.69. The van der Waals surface area contributed by atoms with Crippen LogP contribution in [0.4, 0.5) is 0 Å². The van der Waals surface area contributed by atoms with Crippen LogP contribution in [0.25, 0.3) is 22.8 Å². The molecule has 0 saturated heterocycles. The Morgan fingerprint density at radius 1 is 0.615 bits per heavy atom. The van der Waals surface area contributed by atoms with E-state index < -0.39 is 0 Å². The highest BCUT2D eigenvalue weighted by Gasteiger charge is 2.03. The van der Waals surface area contributed by atoms with Crippen LogP contribution in [0.1, 0.15) is 0 Å². The van der Waals surface area contributed by atoms with Crippen LogP contribution in [-0.4, -0.2) is 42.8 Å². The average molecular weight is 346 g/mol. The molecule has 0 aliphatic heterocycles. The van der Waals surface area contributed by atoms with Crippen molar-refractivity contribution in [3.8, 4) is 22.8 Å². The monoisotopic (exact) mass is 346 g/mol. The first-order valence-electron chi connectivity index (χ1n) is 8.30. The van der Waals surface area contributed by atoms with E-state index >= 15 is 0 Å². The van der Waals surface area contributed by atoms with E-state index in [0.29, 0.717) is 13.1 Å². The molecule has 0 unspecified atom stereocenters. The molecule has 0 atom stereocenters. The molecule has 8 nitrogen and oxygen atoms in total. The molecule has 8 heteroatoms. The lowest BCUT2D eigenvalue weighted by molar-refractivity contribution is 0.692. The van der Waals surface area contributed by atoms with Crippen molar-refractivity contribution in [1.29, 1.82) is 0 Å². The van der Waals surface area contributed by atoms with Crippen LogP contribution in [0, 0.1) is 0 Å². The summed E-state index contributed by atoms with van der Waals surface area (Å²) in [5, 5.41) is 8.91. The molecule has 0 fully saturated rings. The summed E-state index contributed by atoms with van der Waals surface area (Å²) in [7, 11) is 0. The van der Waals surface area contributed by atoms with Gasteiger partial charge in [-0.3, -0.25) is 9.97 Å². The van der Waals surface area contributed by atoms with Gasteiger partial charge in [0.05, 0.1) is 24.5 Å². The van der Waals surface area contributed by atoms with Crippen LogP contribution >= 0.6 is 0 Å². The van der Waals surface area contributed by atoms with Gasteiger partial charge >= 0.3 is 0 Å². The second-order valence-electron chi connectivity index (χ2n) is 5.54. The molecule has 2 N–H and O–H groups in total. The minimum atomic E-state index is 0.683. The maximum atomic E-state index is 4.45. The van der Waals surface area contributed by atoms with Crippen molar-refractivity contribution >= 4 is 0 Å². The molecule has 0 bridgehead atoms. The van der Waals surface area contributed by atoms with Crippen LogP contribution < -0.4 is 10.9 Å². The van der Waals surface area contributed by atoms with Gasteiger partial charge in [0.25, 0.3) is 0 Å². The van der Waals surface area contributed by atoms with Gasteiger partial charge in [-0.2, -0.15) is 19.8 Å². The summed E-state index contributed by atoms with van der Waals surface area (Å²) < 4.78 is 0. The summed E-state index contributed by atoms with van der Waals surface area (Å²) in [4.78, 5) is 12.0. The Hall–Kier alpha value is -3.68. The Labute approximate surface area is 150 Å². The van der Waals surface area contributed by atoms with Gasteiger partial charge in [0.1, 0.15) is 11.4 Å². The maximum absolute atomic E-state index is 4.45. The molecule has 0 aromatic carbocycles. The molecule has 0 saturated carbocycles. The quantitative estimate of drug-likeness (QED) is 0.498. The van der Waals surface area contributed by atoms with E-state index in [4.69, 9.17) is 0 Å². The van der Waals surface area contributed by atoms with Crippen molar-refractivity contribution in [2.75, 3.05) is 23.9 Å². The fourth-order valence-corrected chi connectivity index (χ4v) is 2.47. The summed E-state index contributed by atoms with van der Waals surface area (Å²) in [6.45, 7) is 1.37. The van der Waals surface area contributed by atoms with Gasteiger partial charge in [0.2, 0.25) is 0 Å². The summed E-state index contributed by atoms with van der Waals surface area (Å²) in [5.74, 6) is 0. The lowest BCUT2D eigenvalue weighted by Gasteiger charge is -2.08. The maximum Gasteiger partial charge on any atom is 0.113 e. The van der Waals surface area contributed by atoms with E-state index in [-0.39, 0.29) is 0 Å². The topological polar surface area (TPSA) is 85.5 Å². The highest BCUT2D eigenvalue weighted by molar-refractivity contribution is 5.53. The molecule has 0 aliphatic carbocycles. The minimum Gasteiger partial charge on any atom is -0.308 e. The first-order valence-corrected chi connectivity index (χ1v) is 8.30. The predicted molar refractivity (Wildman–Crippen MR) is 99.4 cm³/mol. The number of nitrogens with one attached hydrogen (secondary N) is 2. The van der Waals surface area contributed by atoms with Crippen LogP contribution in [-0.2, 0) is 0 Å². The average Bonchev–Trinajstić information content (AvgIpc) is 3.37. The standard InChI is InChI=1S/C18H18N8/c1-3-9-19-15(5-1)17-7-13-25(23-17)21-11-12-22-26-14-8-18(24-26)16-6-2-4-10-20-16/h1-10,13-14,21-22H,11-12H2. The van der Waals surface area contributed by atoms with E-state index in [1.807, 2.05) is 60.9 Å². The van der Waals surface area contributed by atoms with Crippen molar-refractivity contribution < 1.29 is 0 Å². The Balaban J connectivity index is 1.27. The van der Waals surface area contributed by atoms with Crippen LogP contribution in [0.2, 0.25) is 0 Å². The van der Waals surface area contributed by atoms with E-state index in [1.165, 1.54) is 0 Å². The molecule has 0 amide bonds. The molecule has 0 aliphatic rings. The molecule has 4 aromatic heterocycles. The first kappa shape index (κ1) is 15.8. The Kier molecular flexibility index (Phi) is 4.55. The van der Waals surface area contributed by atoms with Gasteiger partial charge in [-0.1, -0.05) is 12.1 Å². The van der Waals surface area contributed by atoms with E-state index in [9.17, 15) is 0 Å². The summed E-state index contributed by atoms with van der Waals surface area (Å²) in [6, 6.07) is 15.4. The molecule has 4 aromatic rings. The zero-order valence-corrected chi connectivity index (χ0v) is 14.0. The first-order chi connectivity index (χ1) is 12.9. The van der Waals surface area contributed by atoms with Gasteiger partial charge in [-0.05, 0) is 36.4 Å². The number of nitrogens with zero attached hydrogens (tertiary/aromatic N) is 6. The van der Waals surface area contributed by atoms with Gasteiger partial charge < -0.3 is 10.9 Å². The molecular formula is C18H18N8. The summed E-state index contributed by atoms with van der Waals surface area (Å²) >= 11 is 0. The SMILES string of the molecule is c1ccc(-c2ccn(NCCNn3ccc(-c4ccccn4)n3)n2)nc1. The number of rotatable bonds is 7. The molecule has 4 rings (SSSR count). The van der Waals surface area contributed by atoms with E-state index in [1.54, 1.807) is 22.0 Å². The van der Waals surface area contributed by atoms with E-state index in [2.05, 4.69) is 31.0 Å². The fraction of sp³-hybridized carbons (Fsp3) is 0.111. The zero-order valence-electron chi connectivity index (χ0n) is 14.0. The largest absolute Gasteiger partial charge is 0.308 e. The molecule has 0 spiro atoms. The molecular weight excluding hydrogens is 328 g/mol. The van der Waals surface area contributed by atoms with Crippen LogP contribution in [0.15, 0.2) is 73.3 Å². The van der Waals surface area contributed by atoms with E-state index in [0.717, 1.165) is 22.8 Å². The summed E-state index contributed by atoms with van der Waals surface area (Å²) in [6.07, 6.45) is 7.26. The molecule has 0 radical (unpaired) electrons. The number of pyridine rings is 2. The minimum absolute atomic E-state index is 0.683. The highest BCUT2D eigenvalue weighted by Crippen LogP contribution is 2.12. The lowest BCUT2D eigenvalue weighted by atomic mass is 10.3. The molecule has 4 heterocycles. The number of hydrogen-bond acceptors (Lipinski definition) is 6. The number of aromatic nitrogens is 6. The Bertz CT molecular complexity index is 866. The predicted octanol–water partition coefficient (Wildman–Crippen LogP) is 1.99. The van der Waals surface area contributed by atoms with Crippen molar-refractivity contribution in [2.45, 2.75) is 0 Å². The highest BCUT2D eigenvalue weighted by atomic mass is 15.6. The van der Waals surface area contributed by atoms with Gasteiger partial charge in [-0.25, -0.2) is 0 Å². The van der Waals surface area contributed by atoms with Crippen molar-refractivity contribution in [2.24, 2.45) is 0 Å². The van der Waals surface area contributed by atoms with Gasteiger partial charge in [-0.15, -0.1) is 0 Å². The Morgan fingerprint density at radius 3 is 1.54 bits per heavy atom. The smallest absolute Gasteiger partial charge is 0.113 e. The van der Waals surface area contributed by atoms with Gasteiger partial charge in [0.15, 0.2) is 0 Å². The Morgan fingerprint density at radius 2 is 1.12 bits per heavy atom. The normalized spacial score (nSPS) is 10.6. The van der Waals surface area contributed by atoms with Crippen molar-refractivity contribution in [3.05, 3.63) is 73.3 Å². The lowest BCUT2D eigenvalue weighted by Crippen LogP contribution is -2.26. The third-order valence-electron chi connectivity index (χ3n) is 3.71. The number of hydrogen-bond donors (Lipinski definition) is 2. The van der Waals surface area contributed by atoms with Crippen molar-refractivity contribution in [1.82, 2.24) is 29.7 Å². The fourth-order valence-electron chi connectivity index (χ4n) is 2.47. The third-order valence-corrected chi connectivity index (χ3v) is 3.71.